The minimum absolute atomic E-state index is 0.162. The molecule has 136 valence electrons. The molecule has 0 bridgehead atoms. The van der Waals surface area contributed by atoms with Gasteiger partial charge in [-0.3, -0.25) is 4.79 Å². The smallest absolute Gasteiger partial charge is 0.267 e. The molecule has 0 saturated carbocycles. The van der Waals surface area contributed by atoms with E-state index < -0.39 is 5.82 Å². The van der Waals surface area contributed by atoms with Crippen LogP contribution in [0.3, 0.4) is 0 Å². The van der Waals surface area contributed by atoms with Gasteiger partial charge in [-0.05, 0) is 53.9 Å². The van der Waals surface area contributed by atoms with Gasteiger partial charge in [0.25, 0.3) is 5.91 Å². The first kappa shape index (κ1) is 17.4. The van der Waals surface area contributed by atoms with E-state index in [4.69, 9.17) is 0 Å². The minimum Gasteiger partial charge on any atom is -0.321 e. The van der Waals surface area contributed by atoms with Crippen LogP contribution in [0.4, 0.5) is 10.1 Å². The molecule has 3 heterocycles. The largest absolute Gasteiger partial charge is 0.321 e. The number of tetrazole rings is 1. The Kier molecular flexibility index (Phi) is 4.50. The van der Waals surface area contributed by atoms with E-state index in [9.17, 15) is 9.18 Å². The number of anilines is 1. The number of halogens is 1. The topological polar surface area (TPSA) is 85.6 Å². The standard InChI is InChI=1S/C17H13FN6OS2/c1-9-15(27-17(19-9)11-5-6-26-8-11)16(25)20-12-3-4-13(18)14(7-12)24-10(2)21-22-23-24/h3-8H,1-2H3,(H,20,25). The second kappa shape index (κ2) is 6.97. The Morgan fingerprint density at radius 2 is 2.11 bits per heavy atom. The van der Waals surface area contributed by atoms with Crippen molar-refractivity contribution in [3.05, 3.63) is 57.2 Å². The van der Waals surface area contributed by atoms with E-state index in [1.54, 1.807) is 25.2 Å². The molecule has 1 amide bonds. The van der Waals surface area contributed by atoms with E-state index in [0.29, 0.717) is 22.1 Å². The lowest BCUT2D eigenvalue weighted by Gasteiger charge is -2.08. The number of benzene rings is 1. The highest BCUT2D eigenvalue weighted by molar-refractivity contribution is 7.17. The van der Waals surface area contributed by atoms with Crippen molar-refractivity contribution in [1.29, 1.82) is 0 Å². The van der Waals surface area contributed by atoms with E-state index >= 15 is 0 Å². The van der Waals surface area contributed by atoms with Crippen molar-refractivity contribution in [2.45, 2.75) is 13.8 Å². The van der Waals surface area contributed by atoms with Gasteiger partial charge in [-0.15, -0.1) is 16.4 Å². The zero-order valence-corrected chi connectivity index (χ0v) is 15.9. The lowest BCUT2D eigenvalue weighted by molar-refractivity contribution is 0.103. The van der Waals surface area contributed by atoms with Crippen LogP contribution in [0.15, 0.2) is 35.0 Å². The van der Waals surface area contributed by atoms with Crippen molar-refractivity contribution in [1.82, 2.24) is 25.2 Å². The van der Waals surface area contributed by atoms with Crippen molar-refractivity contribution in [2.75, 3.05) is 5.32 Å². The van der Waals surface area contributed by atoms with Crippen LogP contribution < -0.4 is 5.32 Å². The molecule has 0 fully saturated rings. The maximum absolute atomic E-state index is 14.2. The summed E-state index contributed by atoms with van der Waals surface area (Å²) in [5.41, 5.74) is 2.24. The number of rotatable bonds is 4. The van der Waals surface area contributed by atoms with Gasteiger partial charge in [-0.2, -0.15) is 16.0 Å². The average Bonchev–Trinajstić information content (AvgIpc) is 3.37. The molecule has 0 aliphatic carbocycles. The Morgan fingerprint density at radius 3 is 2.81 bits per heavy atom. The fourth-order valence-corrected chi connectivity index (χ4v) is 4.18. The Morgan fingerprint density at radius 1 is 1.26 bits per heavy atom. The van der Waals surface area contributed by atoms with Gasteiger partial charge in [0.1, 0.15) is 21.4 Å². The summed E-state index contributed by atoms with van der Waals surface area (Å²) in [5, 5.41) is 18.6. The van der Waals surface area contributed by atoms with E-state index in [1.165, 1.54) is 34.2 Å². The maximum atomic E-state index is 14.2. The molecule has 27 heavy (non-hydrogen) atoms. The quantitative estimate of drug-likeness (QED) is 0.562. The van der Waals surface area contributed by atoms with Crippen molar-refractivity contribution in [2.24, 2.45) is 0 Å². The molecule has 0 radical (unpaired) electrons. The summed E-state index contributed by atoms with van der Waals surface area (Å²) < 4.78 is 15.4. The van der Waals surface area contributed by atoms with Gasteiger partial charge in [0, 0.05) is 16.6 Å². The van der Waals surface area contributed by atoms with E-state index in [0.717, 1.165) is 10.6 Å². The van der Waals surface area contributed by atoms with Gasteiger partial charge in [-0.1, -0.05) is 0 Å². The molecule has 0 aliphatic rings. The predicted molar refractivity (Wildman–Crippen MR) is 102 cm³/mol. The van der Waals surface area contributed by atoms with Crippen LogP contribution in [0.25, 0.3) is 16.3 Å². The van der Waals surface area contributed by atoms with Crippen molar-refractivity contribution < 1.29 is 9.18 Å². The van der Waals surface area contributed by atoms with Crippen LogP contribution in [0.1, 0.15) is 21.2 Å². The molecule has 4 rings (SSSR count). The summed E-state index contributed by atoms with van der Waals surface area (Å²) in [6.45, 7) is 3.46. The number of aryl methyl sites for hydroxylation is 2. The highest BCUT2D eigenvalue weighted by atomic mass is 32.1. The molecule has 0 saturated heterocycles. The van der Waals surface area contributed by atoms with Gasteiger partial charge < -0.3 is 5.32 Å². The molecule has 1 N–H and O–H groups in total. The maximum Gasteiger partial charge on any atom is 0.267 e. The highest BCUT2D eigenvalue weighted by Gasteiger charge is 2.18. The van der Waals surface area contributed by atoms with E-state index in [1.807, 2.05) is 16.8 Å². The third-order valence-electron chi connectivity index (χ3n) is 3.83. The fourth-order valence-electron chi connectivity index (χ4n) is 2.51. The molecule has 0 aliphatic heterocycles. The third kappa shape index (κ3) is 3.36. The van der Waals surface area contributed by atoms with Crippen LogP contribution in [0, 0.1) is 19.7 Å². The molecule has 1 aromatic carbocycles. The van der Waals surface area contributed by atoms with E-state index in [2.05, 4.69) is 25.8 Å². The highest BCUT2D eigenvalue weighted by Crippen LogP contribution is 2.30. The molecule has 4 aromatic rings. The van der Waals surface area contributed by atoms with Gasteiger partial charge >= 0.3 is 0 Å². The fraction of sp³-hybridized carbons (Fsp3) is 0.118. The number of nitrogens with zero attached hydrogens (tertiary/aromatic N) is 5. The summed E-state index contributed by atoms with van der Waals surface area (Å²) in [6, 6.07) is 6.22. The molecule has 7 nitrogen and oxygen atoms in total. The zero-order valence-electron chi connectivity index (χ0n) is 14.3. The van der Waals surface area contributed by atoms with Gasteiger partial charge in [0.15, 0.2) is 5.82 Å². The number of nitrogens with one attached hydrogen (secondary N) is 1. The van der Waals surface area contributed by atoms with Gasteiger partial charge in [0.05, 0.1) is 5.69 Å². The number of thiophene rings is 1. The summed E-state index contributed by atoms with van der Waals surface area (Å²) in [6.07, 6.45) is 0. The molecule has 10 heteroatoms. The first-order valence-corrected chi connectivity index (χ1v) is 9.65. The van der Waals surface area contributed by atoms with Crippen LogP contribution in [0.5, 0.6) is 0 Å². The summed E-state index contributed by atoms with van der Waals surface area (Å²) in [7, 11) is 0. The third-order valence-corrected chi connectivity index (χ3v) is 5.72. The van der Waals surface area contributed by atoms with Crippen molar-refractivity contribution in [3.63, 3.8) is 0 Å². The second-order valence-corrected chi connectivity index (χ2v) is 7.48. The Labute approximate surface area is 161 Å². The Hall–Kier alpha value is -2.98. The number of carbonyl (C=O) groups is 1. The predicted octanol–water partition coefficient (Wildman–Crippen LogP) is 3.86. The SMILES string of the molecule is Cc1nc(-c2ccsc2)sc1C(=O)Nc1ccc(F)c(-n2nnnc2C)c1. The molecular formula is C17H13FN6OS2. The van der Waals surface area contributed by atoms with Crippen LogP contribution >= 0.6 is 22.7 Å². The average molecular weight is 400 g/mol. The molecule has 0 unspecified atom stereocenters. The first-order valence-electron chi connectivity index (χ1n) is 7.89. The summed E-state index contributed by atoms with van der Waals surface area (Å²) in [5.74, 6) is -0.342. The van der Waals surface area contributed by atoms with Gasteiger partial charge in [0.2, 0.25) is 0 Å². The number of thiazole rings is 1. The number of aromatic nitrogens is 5. The molecular weight excluding hydrogens is 387 g/mol. The number of amides is 1. The lowest BCUT2D eigenvalue weighted by Crippen LogP contribution is -2.12. The minimum atomic E-state index is -0.489. The number of hydrogen-bond acceptors (Lipinski definition) is 7. The Bertz CT molecular complexity index is 1120. The second-order valence-electron chi connectivity index (χ2n) is 5.70. The monoisotopic (exact) mass is 400 g/mol. The number of carbonyl (C=O) groups excluding carboxylic acids is 1. The summed E-state index contributed by atoms with van der Waals surface area (Å²) in [4.78, 5) is 17.7. The normalized spacial score (nSPS) is 10.9. The van der Waals surface area contributed by atoms with Crippen LogP contribution in [0.2, 0.25) is 0 Å². The lowest BCUT2D eigenvalue weighted by atomic mass is 10.2. The van der Waals surface area contributed by atoms with Crippen LogP contribution in [-0.2, 0) is 0 Å². The van der Waals surface area contributed by atoms with Crippen molar-refractivity contribution in [3.8, 4) is 16.3 Å². The molecule has 3 aromatic heterocycles. The number of hydrogen-bond donors (Lipinski definition) is 1. The van der Waals surface area contributed by atoms with Crippen LogP contribution in [-0.4, -0.2) is 31.1 Å². The zero-order chi connectivity index (χ0) is 19.0. The molecule has 0 spiro atoms. The van der Waals surface area contributed by atoms with E-state index in [-0.39, 0.29) is 11.6 Å². The molecule has 0 atom stereocenters. The summed E-state index contributed by atoms with van der Waals surface area (Å²) >= 11 is 2.90. The van der Waals surface area contributed by atoms with Gasteiger partial charge in [-0.25, -0.2) is 9.37 Å². The Balaban J connectivity index is 1.61. The first-order chi connectivity index (χ1) is 13.0. The van der Waals surface area contributed by atoms with Crippen molar-refractivity contribution >= 4 is 34.3 Å².